The van der Waals surface area contributed by atoms with E-state index in [1.165, 1.54) is 0 Å². The van der Waals surface area contributed by atoms with Crippen LogP contribution in [0.15, 0.2) is 29.3 Å². The Morgan fingerprint density at radius 1 is 1.18 bits per heavy atom. The lowest BCUT2D eigenvalue weighted by Crippen LogP contribution is -2.30. The van der Waals surface area contributed by atoms with Crippen molar-refractivity contribution in [2.75, 3.05) is 19.8 Å². The third-order valence-electron chi connectivity index (χ3n) is 6.66. The van der Waals surface area contributed by atoms with Crippen molar-refractivity contribution in [2.24, 2.45) is 12.0 Å². The van der Waals surface area contributed by atoms with Crippen molar-refractivity contribution < 1.29 is 36.9 Å². The van der Waals surface area contributed by atoms with Gasteiger partial charge in [0.25, 0.3) is 5.91 Å². The van der Waals surface area contributed by atoms with E-state index in [-0.39, 0.29) is 36.0 Å². The zero-order valence-corrected chi connectivity index (χ0v) is 22.7. The summed E-state index contributed by atoms with van der Waals surface area (Å²) in [5, 5.41) is 0. The third kappa shape index (κ3) is 6.50. The lowest BCUT2D eigenvalue weighted by atomic mass is 9.92. The zero-order chi connectivity index (χ0) is 27.9. The van der Waals surface area contributed by atoms with Gasteiger partial charge >= 0.3 is 6.18 Å². The van der Waals surface area contributed by atoms with Crippen LogP contribution in [0.5, 0.6) is 5.75 Å². The van der Waals surface area contributed by atoms with Gasteiger partial charge in [0.1, 0.15) is 18.5 Å². The van der Waals surface area contributed by atoms with Crippen molar-refractivity contribution in [1.82, 2.24) is 9.36 Å². The minimum absolute atomic E-state index is 0.00212. The Balaban J connectivity index is 1.71. The molecule has 2 aliphatic rings. The topological polar surface area (TPSA) is 76.2 Å². The first kappa shape index (κ1) is 28.4. The van der Waals surface area contributed by atoms with E-state index in [1.807, 2.05) is 37.2 Å². The molecular weight excluding hydrogens is 503 g/mol. The molecule has 0 N–H and O–H groups in total. The number of alkyl halides is 3. The highest BCUT2D eigenvalue weighted by atomic mass is 19.4. The first-order valence-corrected chi connectivity index (χ1v) is 12.8. The molecule has 0 unspecified atom stereocenters. The highest BCUT2D eigenvalue weighted by molar-refractivity contribution is 5.97. The van der Waals surface area contributed by atoms with Crippen LogP contribution in [0.2, 0.25) is 0 Å². The van der Waals surface area contributed by atoms with E-state index in [0.717, 1.165) is 36.7 Å². The molecule has 0 radical (unpaired) electrons. The molecule has 2 atom stereocenters. The van der Waals surface area contributed by atoms with Crippen LogP contribution >= 0.6 is 0 Å². The minimum atomic E-state index is -4.63. The van der Waals surface area contributed by atoms with E-state index in [9.17, 15) is 18.0 Å². The number of aromatic nitrogens is 2. The monoisotopic (exact) mass is 539 g/mol. The van der Waals surface area contributed by atoms with Crippen LogP contribution in [-0.2, 0) is 39.4 Å². The summed E-state index contributed by atoms with van der Waals surface area (Å²) in [5.41, 5.74) is -0.228. The summed E-state index contributed by atoms with van der Waals surface area (Å²) < 4.78 is 67.2. The maximum absolute atomic E-state index is 13.5. The molecule has 3 heterocycles. The summed E-state index contributed by atoms with van der Waals surface area (Å²) in [6.45, 7) is 11.1. The van der Waals surface area contributed by atoms with Crippen LogP contribution < -0.4 is 10.2 Å². The summed E-state index contributed by atoms with van der Waals surface area (Å²) >= 11 is 0. The summed E-state index contributed by atoms with van der Waals surface area (Å²) in [7, 11) is 1.88. The SMILES string of the molecule is Cn1c(C(C)(C)C)c/c(=N\C(=O)c2cc(C(F)(F)F)ccc2OC[C@H]2COC(C)(C)O2)n1C[C@H]1CCCO1. The summed E-state index contributed by atoms with van der Waals surface area (Å²) in [6.07, 6.45) is -3.26. The molecule has 8 nitrogen and oxygen atoms in total. The normalized spacial score (nSPS) is 22.3. The van der Waals surface area contributed by atoms with Crippen LogP contribution in [-0.4, -0.2) is 53.1 Å². The fourth-order valence-electron chi connectivity index (χ4n) is 4.75. The number of benzene rings is 1. The Bertz CT molecular complexity index is 1230. The largest absolute Gasteiger partial charge is 0.490 e. The predicted octanol–water partition coefficient (Wildman–Crippen LogP) is 4.59. The van der Waals surface area contributed by atoms with Crippen LogP contribution in [0.25, 0.3) is 0 Å². The van der Waals surface area contributed by atoms with Gasteiger partial charge in [0.15, 0.2) is 11.3 Å². The van der Waals surface area contributed by atoms with Crippen molar-refractivity contribution in [3.8, 4) is 5.75 Å². The number of hydrogen-bond acceptors (Lipinski definition) is 5. The molecule has 0 spiro atoms. The predicted molar refractivity (Wildman–Crippen MR) is 133 cm³/mol. The average Bonchev–Trinajstić information content (AvgIpc) is 3.52. The van der Waals surface area contributed by atoms with Gasteiger partial charge < -0.3 is 18.9 Å². The van der Waals surface area contributed by atoms with E-state index in [2.05, 4.69) is 4.99 Å². The van der Waals surface area contributed by atoms with E-state index < -0.39 is 29.5 Å². The fourth-order valence-corrected chi connectivity index (χ4v) is 4.75. The molecule has 1 aromatic carbocycles. The molecule has 2 saturated heterocycles. The third-order valence-corrected chi connectivity index (χ3v) is 6.66. The number of ether oxygens (including phenoxy) is 4. The first-order chi connectivity index (χ1) is 17.6. The van der Waals surface area contributed by atoms with Gasteiger partial charge in [0.05, 0.1) is 30.4 Å². The van der Waals surface area contributed by atoms with Gasteiger partial charge in [-0.3, -0.25) is 14.2 Å². The maximum atomic E-state index is 13.5. The van der Waals surface area contributed by atoms with E-state index >= 15 is 0 Å². The number of carbonyl (C=O) groups is 1. The van der Waals surface area contributed by atoms with Gasteiger partial charge in [-0.15, -0.1) is 0 Å². The Hall–Kier alpha value is -2.63. The zero-order valence-electron chi connectivity index (χ0n) is 22.7. The standard InChI is InChI=1S/C27H36F3N3O5/c1-25(2,3)22-13-23(33(32(22)6)14-18-8-7-11-35-18)31-24(34)20-12-17(27(28,29)30)9-10-21(20)36-15-19-16-37-26(4,5)38-19/h9-10,12-13,18-19H,7-8,11,14-16H2,1-6H3/b31-23+/t18-,19+/m1/s1. The number of nitrogens with zero attached hydrogens (tertiary/aromatic N) is 3. The Morgan fingerprint density at radius 3 is 2.50 bits per heavy atom. The number of amides is 1. The van der Waals surface area contributed by atoms with Gasteiger partial charge in [0.2, 0.25) is 0 Å². The molecule has 2 aromatic rings. The molecule has 4 rings (SSSR count). The van der Waals surface area contributed by atoms with Crippen molar-refractivity contribution in [1.29, 1.82) is 0 Å². The smallest absolute Gasteiger partial charge is 0.416 e. The van der Waals surface area contributed by atoms with Gasteiger partial charge in [0, 0.05) is 30.8 Å². The molecule has 0 bridgehead atoms. The average molecular weight is 540 g/mol. The minimum Gasteiger partial charge on any atom is -0.490 e. The van der Waals surface area contributed by atoms with Crippen LogP contribution in [0.1, 0.15) is 69.1 Å². The Labute approximate surface area is 220 Å². The molecule has 11 heteroatoms. The van der Waals surface area contributed by atoms with Crippen LogP contribution in [0, 0.1) is 0 Å². The van der Waals surface area contributed by atoms with Gasteiger partial charge in [-0.05, 0) is 44.9 Å². The molecule has 210 valence electrons. The second-order valence-electron chi connectivity index (χ2n) is 11.3. The Morgan fingerprint density at radius 2 is 1.92 bits per heavy atom. The summed E-state index contributed by atoms with van der Waals surface area (Å²) in [6, 6.07) is 4.63. The quantitative estimate of drug-likeness (QED) is 0.537. The van der Waals surface area contributed by atoms with Crippen LogP contribution in [0.3, 0.4) is 0 Å². The highest BCUT2D eigenvalue weighted by Gasteiger charge is 2.35. The molecule has 2 fully saturated rings. The molecular formula is C27H36F3N3O5. The van der Waals surface area contributed by atoms with Crippen molar-refractivity contribution in [2.45, 2.75) is 83.6 Å². The van der Waals surface area contributed by atoms with Crippen molar-refractivity contribution in [3.63, 3.8) is 0 Å². The number of halogens is 3. The fraction of sp³-hybridized carbons (Fsp3) is 0.630. The lowest BCUT2D eigenvalue weighted by molar-refractivity contribution is -0.141. The number of rotatable bonds is 6. The number of carbonyl (C=O) groups excluding carboxylic acids is 1. The molecule has 0 aliphatic carbocycles. The van der Waals surface area contributed by atoms with Crippen molar-refractivity contribution >= 4 is 5.91 Å². The van der Waals surface area contributed by atoms with Gasteiger partial charge in [-0.1, -0.05) is 20.8 Å². The molecule has 0 saturated carbocycles. The molecule has 38 heavy (non-hydrogen) atoms. The van der Waals surface area contributed by atoms with Crippen LogP contribution in [0.4, 0.5) is 13.2 Å². The second-order valence-corrected chi connectivity index (χ2v) is 11.3. The van der Waals surface area contributed by atoms with E-state index in [4.69, 9.17) is 18.9 Å². The molecule has 1 amide bonds. The van der Waals surface area contributed by atoms with Crippen molar-refractivity contribution in [3.05, 3.63) is 46.6 Å². The molecule has 2 aliphatic heterocycles. The first-order valence-electron chi connectivity index (χ1n) is 12.8. The summed E-state index contributed by atoms with van der Waals surface area (Å²) in [5.74, 6) is -1.61. The Kier molecular flexibility index (Phi) is 7.84. The lowest BCUT2D eigenvalue weighted by Gasteiger charge is -2.21. The van der Waals surface area contributed by atoms with E-state index in [1.54, 1.807) is 19.9 Å². The molecule has 1 aromatic heterocycles. The van der Waals surface area contributed by atoms with E-state index in [0.29, 0.717) is 18.6 Å². The summed E-state index contributed by atoms with van der Waals surface area (Å²) in [4.78, 5) is 17.7. The van der Waals surface area contributed by atoms with Gasteiger partial charge in [-0.2, -0.15) is 18.2 Å². The van der Waals surface area contributed by atoms with Gasteiger partial charge in [-0.25, -0.2) is 0 Å². The number of hydrogen-bond donors (Lipinski definition) is 0. The maximum Gasteiger partial charge on any atom is 0.416 e. The second kappa shape index (κ2) is 10.5. The highest BCUT2D eigenvalue weighted by Crippen LogP contribution is 2.33.